The van der Waals surface area contributed by atoms with Gasteiger partial charge in [-0.3, -0.25) is 0 Å². The van der Waals surface area contributed by atoms with Gasteiger partial charge in [0.05, 0.1) is 11.8 Å². The summed E-state index contributed by atoms with van der Waals surface area (Å²) >= 11 is 0. The van der Waals surface area contributed by atoms with Gasteiger partial charge in [-0.25, -0.2) is 8.42 Å². The Morgan fingerprint density at radius 3 is 2.50 bits per heavy atom. The van der Waals surface area contributed by atoms with E-state index in [2.05, 4.69) is 0 Å². The molecule has 3 N–H and O–H groups in total. The fourth-order valence-corrected chi connectivity index (χ4v) is 3.69. The summed E-state index contributed by atoms with van der Waals surface area (Å²) in [6.45, 7) is 2.55. The molecule has 1 fully saturated rings. The molecule has 2 rings (SSSR count). The number of benzene rings is 1. The number of aliphatic hydroxyl groups excluding tert-OH is 1. The van der Waals surface area contributed by atoms with E-state index in [0.29, 0.717) is 25.9 Å². The van der Waals surface area contributed by atoms with Crippen LogP contribution in [0.2, 0.25) is 0 Å². The quantitative estimate of drug-likeness (QED) is 0.776. The maximum absolute atomic E-state index is 12.4. The minimum atomic E-state index is -3.54. The van der Waals surface area contributed by atoms with E-state index in [9.17, 15) is 13.5 Å². The Labute approximate surface area is 107 Å². The molecule has 1 aliphatic rings. The third kappa shape index (κ3) is 2.50. The molecule has 18 heavy (non-hydrogen) atoms. The van der Waals surface area contributed by atoms with Gasteiger partial charge < -0.3 is 10.8 Å². The van der Waals surface area contributed by atoms with E-state index in [1.165, 1.54) is 4.31 Å². The number of nitrogens with two attached hydrogens (primary N) is 1. The molecule has 5 nitrogen and oxygen atoms in total. The number of hydrogen-bond donors (Lipinski definition) is 2. The van der Waals surface area contributed by atoms with E-state index < -0.39 is 16.1 Å². The summed E-state index contributed by atoms with van der Waals surface area (Å²) in [7, 11) is -3.54. The first kappa shape index (κ1) is 13.3. The molecule has 0 bridgehead atoms. The minimum Gasteiger partial charge on any atom is -0.398 e. The third-order valence-corrected chi connectivity index (χ3v) is 5.18. The summed E-state index contributed by atoms with van der Waals surface area (Å²) in [4.78, 5) is 0.157. The second kappa shape index (κ2) is 4.87. The van der Waals surface area contributed by atoms with Crippen molar-refractivity contribution in [3.63, 3.8) is 0 Å². The van der Waals surface area contributed by atoms with Crippen LogP contribution in [-0.4, -0.2) is 37.0 Å². The SMILES string of the molecule is Cc1ccc(S(=O)(=O)N2CCC(O)CC2)c(N)c1. The molecule has 0 amide bonds. The van der Waals surface area contributed by atoms with Gasteiger partial charge in [0.2, 0.25) is 10.0 Å². The number of aliphatic hydroxyl groups is 1. The molecule has 1 heterocycles. The lowest BCUT2D eigenvalue weighted by molar-refractivity contribution is 0.113. The highest BCUT2D eigenvalue weighted by Gasteiger charge is 2.29. The Bertz CT molecular complexity index is 534. The predicted molar refractivity (Wildman–Crippen MR) is 69.6 cm³/mol. The number of hydrogen-bond acceptors (Lipinski definition) is 4. The first-order chi connectivity index (χ1) is 8.41. The fraction of sp³-hybridized carbons (Fsp3) is 0.500. The summed E-state index contributed by atoms with van der Waals surface area (Å²) in [6, 6.07) is 4.94. The summed E-state index contributed by atoms with van der Waals surface area (Å²) < 4.78 is 26.2. The monoisotopic (exact) mass is 270 g/mol. The van der Waals surface area contributed by atoms with Gasteiger partial charge >= 0.3 is 0 Å². The number of sulfonamides is 1. The van der Waals surface area contributed by atoms with Gasteiger partial charge in [0.1, 0.15) is 4.90 Å². The molecule has 1 aromatic rings. The molecule has 0 saturated carbocycles. The smallest absolute Gasteiger partial charge is 0.245 e. The van der Waals surface area contributed by atoms with Crippen molar-refractivity contribution in [2.45, 2.75) is 30.8 Å². The van der Waals surface area contributed by atoms with Crippen LogP contribution in [0.5, 0.6) is 0 Å². The topological polar surface area (TPSA) is 83.6 Å². The van der Waals surface area contributed by atoms with Gasteiger partial charge in [-0.05, 0) is 37.5 Å². The highest BCUT2D eigenvalue weighted by Crippen LogP contribution is 2.25. The van der Waals surface area contributed by atoms with Crippen molar-refractivity contribution in [2.24, 2.45) is 0 Å². The van der Waals surface area contributed by atoms with Crippen molar-refractivity contribution in [1.82, 2.24) is 4.31 Å². The van der Waals surface area contributed by atoms with Gasteiger partial charge in [-0.1, -0.05) is 6.07 Å². The van der Waals surface area contributed by atoms with Crippen molar-refractivity contribution in [1.29, 1.82) is 0 Å². The Morgan fingerprint density at radius 1 is 1.33 bits per heavy atom. The molecular weight excluding hydrogens is 252 g/mol. The largest absolute Gasteiger partial charge is 0.398 e. The summed E-state index contributed by atoms with van der Waals surface area (Å²) in [5.74, 6) is 0. The molecule has 1 saturated heterocycles. The van der Waals surface area contributed by atoms with Crippen LogP contribution in [0.4, 0.5) is 5.69 Å². The van der Waals surface area contributed by atoms with Crippen LogP contribution >= 0.6 is 0 Å². The van der Waals surface area contributed by atoms with E-state index in [0.717, 1.165) is 5.56 Å². The Hall–Kier alpha value is -1.11. The Kier molecular flexibility index (Phi) is 3.61. The molecule has 6 heteroatoms. The molecule has 1 aromatic carbocycles. The summed E-state index contributed by atoms with van der Waals surface area (Å²) in [5.41, 5.74) is 7.00. The molecule has 0 unspecified atom stereocenters. The summed E-state index contributed by atoms with van der Waals surface area (Å²) in [5, 5.41) is 9.41. The van der Waals surface area contributed by atoms with Crippen LogP contribution in [0.3, 0.4) is 0 Å². The maximum atomic E-state index is 12.4. The normalized spacial score (nSPS) is 19.0. The van der Waals surface area contributed by atoms with Crippen LogP contribution in [0, 0.1) is 6.92 Å². The van der Waals surface area contributed by atoms with Crippen LogP contribution < -0.4 is 5.73 Å². The van der Waals surface area contributed by atoms with E-state index in [1.54, 1.807) is 18.2 Å². The molecule has 1 aliphatic heterocycles. The number of piperidine rings is 1. The zero-order valence-corrected chi connectivity index (χ0v) is 11.2. The van der Waals surface area contributed by atoms with Gasteiger partial charge in [-0.15, -0.1) is 0 Å². The van der Waals surface area contributed by atoms with Crippen molar-refractivity contribution in [3.05, 3.63) is 23.8 Å². The first-order valence-corrected chi connectivity index (χ1v) is 7.39. The van der Waals surface area contributed by atoms with Crippen molar-refractivity contribution >= 4 is 15.7 Å². The molecule has 0 atom stereocenters. The minimum absolute atomic E-state index is 0.157. The van der Waals surface area contributed by atoms with Crippen LogP contribution in [-0.2, 0) is 10.0 Å². The van der Waals surface area contributed by atoms with Crippen LogP contribution in [0.25, 0.3) is 0 Å². The lowest BCUT2D eigenvalue weighted by Crippen LogP contribution is -2.40. The zero-order valence-electron chi connectivity index (χ0n) is 10.3. The molecule has 100 valence electrons. The van der Waals surface area contributed by atoms with Gasteiger partial charge in [-0.2, -0.15) is 4.31 Å². The molecule has 0 spiro atoms. The number of nitrogens with zero attached hydrogens (tertiary/aromatic N) is 1. The van der Waals surface area contributed by atoms with Gasteiger partial charge in [0.15, 0.2) is 0 Å². The zero-order chi connectivity index (χ0) is 13.3. The van der Waals surface area contributed by atoms with Crippen molar-refractivity contribution in [3.8, 4) is 0 Å². The Balaban J connectivity index is 2.30. The van der Waals surface area contributed by atoms with E-state index in [4.69, 9.17) is 5.73 Å². The predicted octanol–water partition coefficient (Wildman–Crippen LogP) is 0.723. The van der Waals surface area contributed by atoms with Crippen LogP contribution in [0.15, 0.2) is 23.1 Å². The molecule has 0 radical (unpaired) electrons. The lowest BCUT2D eigenvalue weighted by Gasteiger charge is -2.29. The summed E-state index contributed by atoms with van der Waals surface area (Å²) in [6.07, 6.45) is 0.558. The number of aryl methyl sites for hydroxylation is 1. The average Bonchev–Trinajstić information content (AvgIpc) is 2.29. The van der Waals surface area contributed by atoms with Gasteiger partial charge in [0, 0.05) is 13.1 Å². The lowest BCUT2D eigenvalue weighted by atomic mass is 10.1. The highest BCUT2D eigenvalue weighted by atomic mass is 32.2. The van der Waals surface area contributed by atoms with Crippen molar-refractivity contribution < 1.29 is 13.5 Å². The van der Waals surface area contributed by atoms with Gasteiger partial charge in [0.25, 0.3) is 0 Å². The number of nitrogen functional groups attached to an aromatic ring is 1. The highest BCUT2D eigenvalue weighted by molar-refractivity contribution is 7.89. The fourth-order valence-electron chi connectivity index (χ4n) is 2.12. The second-order valence-electron chi connectivity index (χ2n) is 4.68. The van der Waals surface area contributed by atoms with E-state index in [-0.39, 0.29) is 10.6 Å². The van der Waals surface area contributed by atoms with E-state index >= 15 is 0 Å². The number of anilines is 1. The second-order valence-corrected chi connectivity index (χ2v) is 6.58. The van der Waals surface area contributed by atoms with E-state index in [1.807, 2.05) is 6.92 Å². The standard InChI is InChI=1S/C12H18N2O3S/c1-9-2-3-12(11(13)8-9)18(16,17)14-6-4-10(15)5-7-14/h2-3,8,10,15H,4-7,13H2,1H3. The third-order valence-electron chi connectivity index (χ3n) is 3.21. The molecule has 0 aromatic heterocycles. The molecule has 0 aliphatic carbocycles. The Morgan fingerprint density at radius 2 is 1.94 bits per heavy atom. The number of rotatable bonds is 2. The maximum Gasteiger partial charge on any atom is 0.245 e. The average molecular weight is 270 g/mol. The van der Waals surface area contributed by atoms with Crippen LogP contribution in [0.1, 0.15) is 18.4 Å². The van der Waals surface area contributed by atoms with Crippen molar-refractivity contribution in [2.75, 3.05) is 18.8 Å². The molecular formula is C12H18N2O3S. The first-order valence-electron chi connectivity index (χ1n) is 5.95.